The second-order valence-corrected chi connectivity index (χ2v) is 8.43. The van der Waals surface area contributed by atoms with E-state index in [1.54, 1.807) is 6.07 Å². The lowest BCUT2D eigenvalue weighted by atomic mass is 10.2. The fraction of sp³-hybridized carbons (Fsp3) is 0.429. The first-order chi connectivity index (χ1) is 11.0. The minimum Gasteiger partial charge on any atom is -0.472 e. The molecule has 0 atom stereocenters. The van der Waals surface area contributed by atoms with Crippen molar-refractivity contribution >= 4 is 32.4 Å². The van der Waals surface area contributed by atoms with Crippen LogP contribution >= 0.6 is 11.3 Å². The lowest BCUT2D eigenvalue weighted by molar-refractivity contribution is 0.102. The number of furan rings is 1. The van der Waals surface area contributed by atoms with Crippen LogP contribution in [0.3, 0.4) is 0 Å². The highest BCUT2D eigenvalue weighted by atomic mass is 32.2. The lowest BCUT2D eigenvalue weighted by Crippen LogP contribution is -2.36. The first-order valence-electron chi connectivity index (χ1n) is 7.29. The van der Waals surface area contributed by atoms with Crippen LogP contribution in [0.1, 0.15) is 34.3 Å². The number of fused-ring (bicyclic) bond motifs is 1. The number of sulfonamides is 1. The van der Waals surface area contributed by atoms with Gasteiger partial charge in [0.1, 0.15) is 6.26 Å². The predicted octanol–water partition coefficient (Wildman–Crippen LogP) is 2.09. The molecule has 1 amide bonds. The maximum absolute atomic E-state index is 12.2. The first kappa shape index (κ1) is 16.2. The highest BCUT2D eigenvalue weighted by Gasteiger charge is 2.28. The second-order valence-electron chi connectivity index (χ2n) is 5.25. The molecular formula is C14H17N3O4S2. The number of anilines is 1. The van der Waals surface area contributed by atoms with Gasteiger partial charge in [-0.25, -0.2) is 13.4 Å². The second kappa shape index (κ2) is 6.42. The third-order valence-electron chi connectivity index (χ3n) is 3.56. The zero-order chi connectivity index (χ0) is 16.4. The van der Waals surface area contributed by atoms with Crippen molar-refractivity contribution in [2.24, 2.45) is 0 Å². The van der Waals surface area contributed by atoms with Gasteiger partial charge in [-0.1, -0.05) is 6.92 Å². The Hall–Kier alpha value is -1.71. The van der Waals surface area contributed by atoms with Gasteiger partial charge < -0.3 is 4.42 Å². The molecule has 3 rings (SSSR count). The van der Waals surface area contributed by atoms with Gasteiger partial charge in [-0.3, -0.25) is 10.1 Å². The molecule has 0 bridgehead atoms. The summed E-state index contributed by atoms with van der Waals surface area (Å²) in [6.07, 6.45) is 3.96. The minimum absolute atomic E-state index is 0.158. The van der Waals surface area contributed by atoms with Crippen molar-refractivity contribution < 1.29 is 17.6 Å². The SMILES string of the molecule is CCCS(=O)(=O)N1CCc2nc(NC(=O)c3ccoc3)sc2C1. The Balaban J connectivity index is 1.73. The molecule has 23 heavy (non-hydrogen) atoms. The van der Waals surface area contributed by atoms with E-state index in [0.29, 0.717) is 36.6 Å². The number of hydrogen-bond donors (Lipinski definition) is 1. The average Bonchev–Trinajstić information content (AvgIpc) is 3.15. The molecule has 3 heterocycles. The summed E-state index contributed by atoms with van der Waals surface area (Å²) in [6.45, 7) is 2.62. The van der Waals surface area contributed by atoms with E-state index in [1.807, 2.05) is 6.92 Å². The number of carbonyl (C=O) groups excluding carboxylic acids is 1. The fourth-order valence-electron chi connectivity index (χ4n) is 2.41. The van der Waals surface area contributed by atoms with E-state index in [-0.39, 0.29) is 11.7 Å². The maximum Gasteiger partial charge on any atom is 0.260 e. The van der Waals surface area contributed by atoms with Gasteiger partial charge in [0.15, 0.2) is 5.13 Å². The molecule has 2 aromatic rings. The average molecular weight is 355 g/mol. The molecule has 0 aromatic carbocycles. The van der Waals surface area contributed by atoms with Gasteiger partial charge in [0, 0.05) is 24.4 Å². The molecular weight excluding hydrogens is 338 g/mol. The van der Waals surface area contributed by atoms with Crippen LogP contribution in [0.2, 0.25) is 0 Å². The molecule has 9 heteroatoms. The van der Waals surface area contributed by atoms with Crippen molar-refractivity contribution in [1.82, 2.24) is 9.29 Å². The standard InChI is InChI=1S/C14H17N3O4S2/c1-2-7-23(19,20)17-5-3-11-12(8-17)22-14(15-11)16-13(18)10-4-6-21-9-10/h4,6,9H,2-3,5,7-8H2,1H3,(H,15,16,18). The third kappa shape index (κ3) is 3.46. The molecule has 0 saturated heterocycles. The van der Waals surface area contributed by atoms with Crippen LogP contribution < -0.4 is 5.32 Å². The topological polar surface area (TPSA) is 92.5 Å². The molecule has 0 radical (unpaired) electrons. The molecule has 0 saturated carbocycles. The number of carbonyl (C=O) groups is 1. The van der Waals surface area contributed by atoms with Crippen LogP contribution in [-0.4, -0.2) is 35.9 Å². The number of thiazole rings is 1. The van der Waals surface area contributed by atoms with Crippen molar-refractivity contribution in [3.05, 3.63) is 34.7 Å². The van der Waals surface area contributed by atoms with E-state index in [0.717, 1.165) is 10.6 Å². The summed E-state index contributed by atoms with van der Waals surface area (Å²) in [5, 5.41) is 3.20. The van der Waals surface area contributed by atoms with Gasteiger partial charge in [0.2, 0.25) is 10.0 Å². The van der Waals surface area contributed by atoms with E-state index in [9.17, 15) is 13.2 Å². The number of aromatic nitrogens is 1. The van der Waals surface area contributed by atoms with E-state index >= 15 is 0 Å². The predicted molar refractivity (Wildman–Crippen MR) is 87.0 cm³/mol. The van der Waals surface area contributed by atoms with Gasteiger partial charge in [-0.15, -0.1) is 11.3 Å². The van der Waals surface area contributed by atoms with Gasteiger partial charge in [0.05, 0.1) is 23.3 Å². The number of hydrogen-bond acceptors (Lipinski definition) is 6. The highest BCUT2D eigenvalue weighted by molar-refractivity contribution is 7.89. The molecule has 0 aliphatic carbocycles. The summed E-state index contributed by atoms with van der Waals surface area (Å²) in [5.41, 5.74) is 1.28. The van der Waals surface area contributed by atoms with Crippen molar-refractivity contribution in [2.75, 3.05) is 17.6 Å². The summed E-state index contributed by atoms with van der Waals surface area (Å²) < 4.78 is 30.7. The summed E-state index contributed by atoms with van der Waals surface area (Å²) in [6, 6.07) is 1.57. The van der Waals surface area contributed by atoms with Gasteiger partial charge in [0.25, 0.3) is 5.91 Å². The highest BCUT2D eigenvalue weighted by Crippen LogP contribution is 2.30. The maximum atomic E-state index is 12.2. The smallest absolute Gasteiger partial charge is 0.260 e. The molecule has 0 fully saturated rings. The number of rotatable bonds is 5. The van der Waals surface area contributed by atoms with Crippen LogP contribution in [0.25, 0.3) is 0 Å². The third-order valence-corrected chi connectivity index (χ3v) is 6.58. The molecule has 1 aliphatic rings. The van der Waals surface area contributed by atoms with Crippen molar-refractivity contribution in [1.29, 1.82) is 0 Å². The Bertz CT molecular complexity index is 796. The van der Waals surface area contributed by atoms with Crippen LogP contribution in [0.5, 0.6) is 0 Å². The molecule has 2 aromatic heterocycles. The van der Waals surface area contributed by atoms with Gasteiger partial charge in [-0.2, -0.15) is 4.31 Å². The molecule has 0 unspecified atom stereocenters. The normalized spacial score (nSPS) is 15.3. The lowest BCUT2D eigenvalue weighted by Gasteiger charge is -2.25. The Morgan fingerprint density at radius 1 is 1.52 bits per heavy atom. The van der Waals surface area contributed by atoms with Crippen LogP contribution in [0.4, 0.5) is 5.13 Å². The molecule has 124 valence electrons. The summed E-state index contributed by atoms with van der Waals surface area (Å²) in [5.74, 6) is -0.133. The minimum atomic E-state index is -3.21. The van der Waals surface area contributed by atoms with Crippen molar-refractivity contribution in [2.45, 2.75) is 26.3 Å². The monoisotopic (exact) mass is 355 g/mol. The van der Waals surface area contributed by atoms with Crippen molar-refractivity contribution in [3.63, 3.8) is 0 Å². The number of amides is 1. The van der Waals surface area contributed by atoms with E-state index < -0.39 is 10.0 Å². The van der Waals surface area contributed by atoms with Gasteiger partial charge >= 0.3 is 0 Å². The quantitative estimate of drug-likeness (QED) is 0.886. The zero-order valence-electron chi connectivity index (χ0n) is 12.6. The number of nitrogens with one attached hydrogen (secondary N) is 1. The summed E-state index contributed by atoms with van der Waals surface area (Å²) in [4.78, 5) is 17.3. The summed E-state index contributed by atoms with van der Waals surface area (Å²) >= 11 is 1.32. The molecule has 1 aliphatic heterocycles. The van der Waals surface area contributed by atoms with Crippen molar-refractivity contribution in [3.8, 4) is 0 Å². The Morgan fingerprint density at radius 2 is 2.35 bits per heavy atom. The Morgan fingerprint density at radius 3 is 3.04 bits per heavy atom. The zero-order valence-corrected chi connectivity index (χ0v) is 14.2. The fourth-order valence-corrected chi connectivity index (χ4v) is 4.98. The van der Waals surface area contributed by atoms with Crippen LogP contribution in [0.15, 0.2) is 23.0 Å². The van der Waals surface area contributed by atoms with E-state index in [2.05, 4.69) is 10.3 Å². The largest absolute Gasteiger partial charge is 0.472 e. The van der Waals surface area contributed by atoms with Gasteiger partial charge in [-0.05, 0) is 12.5 Å². The molecule has 1 N–H and O–H groups in total. The number of nitrogens with zero attached hydrogens (tertiary/aromatic N) is 2. The molecule has 7 nitrogen and oxygen atoms in total. The van der Waals surface area contributed by atoms with E-state index in [4.69, 9.17) is 4.42 Å². The van der Waals surface area contributed by atoms with Crippen LogP contribution in [-0.2, 0) is 23.0 Å². The van der Waals surface area contributed by atoms with Crippen LogP contribution in [0, 0.1) is 0 Å². The van der Waals surface area contributed by atoms with E-state index in [1.165, 1.54) is 28.2 Å². The Kier molecular flexibility index (Phi) is 4.51. The summed E-state index contributed by atoms with van der Waals surface area (Å²) in [7, 11) is -3.21. The Labute approximate surface area is 138 Å². The molecule has 0 spiro atoms. The first-order valence-corrected chi connectivity index (χ1v) is 9.72.